The molecule has 0 aromatic carbocycles. The van der Waals surface area contributed by atoms with E-state index in [1.54, 1.807) is 0 Å². The number of alkyl halides is 3. The smallest absolute Gasteiger partial charge is 0.159 e. The average Bonchev–Trinajstić information content (AvgIpc) is 2.02. The van der Waals surface area contributed by atoms with Gasteiger partial charge < -0.3 is 20.4 Å². The molecule has 4 unspecified atom stereocenters. The Morgan fingerprint density at radius 2 is 1.27 bits per heavy atom. The van der Waals surface area contributed by atoms with Gasteiger partial charge in [-0.15, -0.1) is 0 Å². The normalized spacial score (nSPS) is 23.7. The first kappa shape index (κ1) is 16.0. The molecule has 90 valence electrons. The van der Waals surface area contributed by atoms with E-state index in [0.29, 0.717) is 0 Å². The van der Waals surface area contributed by atoms with E-state index >= 15 is 0 Å². The van der Waals surface area contributed by atoms with Gasteiger partial charge in [0, 0.05) is 0 Å². The van der Waals surface area contributed by atoms with Crippen LogP contribution in [0.5, 0.6) is 0 Å². The van der Waals surface area contributed by atoms with Gasteiger partial charge in [-0.25, -0.2) is 0 Å². The molecule has 0 heterocycles. The van der Waals surface area contributed by atoms with Crippen molar-refractivity contribution >= 4 is 53.6 Å². The second kappa shape index (κ2) is 6.04. The number of aliphatic hydroxyl groups excluding tert-OH is 4. The molecule has 0 radical (unpaired) electrons. The van der Waals surface area contributed by atoms with Crippen LogP contribution >= 0.6 is 47.8 Å². The molecule has 0 rings (SSSR count). The third-order valence-electron chi connectivity index (χ3n) is 2.10. The summed E-state index contributed by atoms with van der Waals surface area (Å²) in [5, 5.41) is 33.5. The molecule has 4 atom stereocenters. The van der Waals surface area contributed by atoms with Crippen molar-refractivity contribution in [3.63, 3.8) is 0 Å². The Labute approximate surface area is 112 Å². The number of hydrogen-bond donors (Lipinski definition) is 4. The Kier molecular flexibility index (Phi) is 6.42. The number of aliphatic hydroxyl groups is 4. The molecule has 0 aliphatic heterocycles. The Balaban J connectivity index is 5.42. The maximum atomic E-state index is 11.1. The summed E-state index contributed by atoms with van der Waals surface area (Å²) in [5.41, 5.74) is -1.90. The highest BCUT2D eigenvalue weighted by Crippen LogP contribution is 2.43. The van der Waals surface area contributed by atoms with Crippen molar-refractivity contribution in [2.24, 2.45) is 5.41 Å². The molecule has 0 aromatic heterocycles. The number of Topliss-reactive ketones (excluding diaryl/α,β-unsaturated/α-hetero) is 1. The molecule has 0 aliphatic rings. The molecule has 0 fully saturated rings. The zero-order chi connectivity index (χ0) is 12.4. The fourth-order valence-corrected chi connectivity index (χ4v) is 4.40. The quantitative estimate of drug-likeness (QED) is 0.477. The van der Waals surface area contributed by atoms with E-state index < -0.39 is 32.3 Å². The summed E-state index contributed by atoms with van der Waals surface area (Å²) in [7, 11) is 0. The number of halogens is 3. The molecular weight excluding hydrogens is 404 g/mol. The van der Waals surface area contributed by atoms with Crippen molar-refractivity contribution in [1.29, 1.82) is 0 Å². The largest absolute Gasteiger partial charge is 0.384 e. The summed E-state index contributed by atoms with van der Waals surface area (Å²) < 4.78 is 0. The van der Waals surface area contributed by atoms with E-state index in [9.17, 15) is 25.2 Å². The minimum absolute atomic E-state index is 0.689. The summed E-state index contributed by atoms with van der Waals surface area (Å²) in [6, 6.07) is 0. The van der Waals surface area contributed by atoms with Gasteiger partial charge in [0.25, 0.3) is 0 Å². The zero-order valence-corrected chi connectivity index (χ0v) is 12.4. The molecular formula is C7H11Br3O5. The monoisotopic (exact) mass is 412 g/mol. The molecule has 8 heteroatoms. The van der Waals surface area contributed by atoms with Crippen molar-refractivity contribution in [1.82, 2.24) is 0 Å². The Morgan fingerprint density at radius 1 is 1.00 bits per heavy atom. The van der Waals surface area contributed by atoms with Crippen molar-refractivity contribution in [2.75, 3.05) is 0 Å². The topological polar surface area (TPSA) is 98.0 Å². The van der Waals surface area contributed by atoms with E-state index in [1.165, 1.54) is 0 Å². The molecule has 5 nitrogen and oxygen atoms in total. The van der Waals surface area contributed by atoms with Crippen LogP contribution in [-0.4, -0.2) is 47.4 Å². The highest BCUT2D eigenvalue weighted by Gasteiger charge is 2.55. The molecule has 0 spiro atoms. The lowest BCUT2D eigenvalue weighted by Gasteiger charge is -2.41. The highest BCUT2D eigenvalue weighted by atomic mass is 79.9. The Morgan fingerprint density at radius 3 is 1.33 bits per heavy atom. The minimum Gasteiger partial charge on any atom is -0.384 e. The zero-order valence-electron chi connectivity index (χ0n) is 7.64. The van der Waals surface area contributed by atoms with Gasteiger partial charge in [-0.1, -0.05) is 47.8 Å². The van der Waals surface area contributed by atoms with Gasteiger partial charge in [0.1, 0.15) is 26.6 Å². The molecule has 0 saturated carbocycles. The molecule has 0 aromatic rings. The summed E-state index contributed by atoms with van der Waals surface area (Å²) in [6.45, 7) is 1.08. The second-order valence-corrected chi connectivity index (χ2v) is 5.62. The predicted molar refractivity (Wildman–Crippen MR) is 63.9 cm³/mol. The maximum absolute atomic E-state index is 11.1. The first-order valence-electron chi connectivity index (χ1n) is 3.83. The number of hydrogen-bond acceptors (Lipinski definition) is 5. The Bertz CT molecular complexity index is 209. The van der Waals surface area contributed by atoms with Crippen LogP contribution in [-0.2, 0) is 4.79 Å². The van der Waals surface area contributed by atoms with Gasteiger partial charge in [-0.2, -0.15) is 0 Å². The lowest BCUT2D eigenvalue weighted by Crippen LogP contribution is -2.57. The van der Waals surface area contributed by atoms with Crippen LogP contribution in [0.3, 0.4) is 0 Å². The van der Waals surface area contributed by atoms with Crippen LogP contribution < -0.4 is 0 Å². The summed E-state index contributed by atoms with van der Waals surface area (Å²) in [5.74, 6) is -0.689. The lowest BCUT2D eigenvalue weighted by atomic mass is 9.82. The number of carbonyl (C=O) groups is 1. The van der Waals surface area contributed by atoms with Crippen molar-refractivity contribution in [3.8, 4) is 0 Å². The third kappa shape index (κ3) is 2.99. The fraction of sp³-hybridized carbons (Fsp3) is 0.857. The minimum atomic E-state index is -1.90. The van der Waals surface area contributed by atoms with Crippen LogP contribution in [0.25, 0.3) is 0 Å². The summed E-state index contributed by atoms with van der Waals surface area (Å²) in [4.78, 5) is 11.1. The van der Waals surface area contributed by atoms with Crippen molar-refractivity contribution < 1.29 is 25.2 Å². The predicted octanol–water partition coefficient (Wildman–Crippen LogP) is 0.0626. The third-order valence-corrected chi connectivity index (χ3v) is 4.48. The Hall–Kier alpha value is 0.950. The number of rotatable bonds is 5. The van der Waals surface area contributed by atoms with Crippen LogP contribution in [0, 0.1) is 5.41 Å². The van der Waals surface area contributed by atoms with Gasteiger partial charge in [0.05, 0.1) is 0 Å². The molecule has 4 N–H and O–H groups in total. The van der Waals surface area contributed by atoms with Gasteiger partial charge in [-0.05, 0) is 6.92 Å². The van der Waals surface area contributed by atoms with Crippen LogP contribution in [0.1, 0.15) is 6.92 Å². The first-order valence-corrected chi connectivity index (χ1v) is 6.58. The highest BCUT2D eigenvalue weighted by molar-refractivity contribution is 9.10. The number of ketones is 1. The molecule has 15 heavy (non-hydrogen) atoms. The SMILES string of the molecule is CC(=O)C(O)C(C(O)Br)(C(O)Br)C(O)Br. The molecule has 0 aliphatic carbocycles. The van der Waals surface area contributed by atoms with E-state index in [4.69, 9.17) is 0 Å². The molecule has 0 amide bonds. The first-order chi connectivity index (χ1) is 6.68. The molecule has 0 saturated heterocycles. The second-order valence-electron chi connectivity index (χ2n) is 3.02. The van der Waals surface area contributed by atoms with E-state index in [2.05, 4.69) is 47.8 Å². The van der Waals surface area contributed by atoms with E-state index in [-0.39, 0.29) is 0 Å². The fourth-order valence-electron chi connectivity index (χ4n) is 1.08. The van der Waals surface area contributed by atoms with Crippen LogP contribution in [0.2, 0.25) is 0 Å². The maximum Gasteiger partial charge on any atom is 0.159 e. The van der Waals surface area contributed by atoms with Gasteiger partial charge in [0.15, 0.2) is 5.78 Å². The van der Waals surface area contributed by atoms with Gasteiger partial charge in [0.2, 0.25) is 0 Å². The van der Waals surface area contributed by atoms with Crippen LogP contribution in [0.15, 0.2) is 0 Å². The van der Waals surface area contributed by atoms with Gasteiger partial charge >= 0.3 is 0 Å². The summed E-state index contributed by atoms with van der Waals surface area (Å²) in [6.07, 6.45) is -1.74. The van der Waals surface area contributed by atoms with Gasteiger partial charge in [-0.3, -0.25) is 4.79 Å². The number of carbonyl (C=O) groups excluding carboxylic acids is 1. The van der Waals surface area contributed by atoms with E-state index in [1.807, 2.05) is 0 Å². The average molecular weight is 415 g/mol. The van der Waals surface area contributed by atoms with Crippen LogP contribution in [0.4, 0.5) is 0 Å². The van der Waals surface area contributed by atoms with Crippen molar-refractivity contribution in [3.05, 3.63) is 0 Å². The lowest BCUT2D eigenvalue weighted by molar-refractivity contribution is -0.150. The van der Waals surface area contributed by atoms with E-state index in [0.717, 1.165) is 6.92 Å². The standard InChI is InChI=1S/C7H11Br3O5/c1-2(11)3(12)7(4(8)13,5(9)14)6(10)15/h3-6,12-15H,1H3. The van der Waals surface area contributed by atoms with Crippen molar-refractivity contribution in [2.45, 2.75) is 28.1 Å². The summed E-state index contributed by atoms with van der Waals surface area (Å²) >= 11 is 8.19. The molecule has 0 bridgehead atoms.